The Balaban J connectivity index is 1.35. The highest BCUT2D eigenvalue weighted by Gasteiger charge is 2.43. The molecule has 3 heterocycles. The van der Waals surface area contributed by atoms with Crippen LogP contribution in [0.4, 0.5) is 0 Å². The third-order valence-corrected chi connectivity index (χ3v) is 7.54. The second-order valence-corrected chi connectivity index (χ2v) is 9.39. The number of fused-ring (bicyclic) bond motifs is 3. The zero-order chi connectivity index (χ0) is 21.8. The Morgan fingerprint density at radius 2 is 2.03 bits per heavy atom. The van der Waals surface area contributed by atoms with Gasteiger partial charge in [0.2, 0.25) is 5.91 Å². The van der Waals surface area contributed by atoms with Crippen molar-refractivity contribution in [2.75, 3.05) is 13.1 Å². The van der Waals surface area contributed by atoms with E-state index in [9.17, 15) is 14.7 Å². The molecule has 2 fully saturated rings. The van der Waals surface area contributed by atoms with E-state index in [1.807, 2.05) is 24.8 Å². The van der Waals surface area contributed by atoms with Crippen molar-refractivity contribution < 1.29 is 18.7 Å². The van der Waals surface area contributed by atoms with E-state index in [0.29, 0.717) is 42.7 Å². The third kappa shape index (κ3) is 3.47. The van der Waals surface area contributed by atoms with E-state index in [4.69, 9.17) is 8.83 Å². The van der Waals surface area contributed by atoms with Gasteiger partial charge >= 0.3 is 5.63 Å². The molecule has 31 heavy (non-hydrogen) atoms. The Labute approximate surface area is 180 Å². The first-order chi connectivity index (χ1) is 14.9. The number of benzene rings is 1. The fourth-order valence-corrected chi connectivity index (χ4v) is 5.51. The Bertz CT molecular complexity index is 1220. The van der Waals surface area contributed by atoms with Gasteiger partial charge in [0.15, 0.2) is 0 Å². The minimum atomic E-state index is -0.596. The van der Waals surface area contributed by atoms with Crippen molar-refractivity contribution in [1.29, 1.82) is 0 Å². The maximum atomic E-state index is 12.9. The van der Waals surface area contributed by atoms with Crippen molar-refractivity contribution >= 4 is 27.8 Å². The average molecular weight is 424 g/mol. The largest absolute Gasteiger partial charge is 0.464 e. The number of aliphatic hydroxyl groups is 1. The Kier molecular flexibility index (Phi) is 4.93. The lowest BCUT2D eigenvalue weighted by molar-refractivity contribution is -0.143. The van der Waals surface area contributed by atoms with Gasteiger partial charge in [0, 0.05) is 47.8 Å². The van der Waals surface area contributed by atoms with E-state index in [2.05, 4.69) is 0 Å². The second-order valence-electron chi connectivity index (χ2n) is 9.39. The maximum absolute atomic E-state index is 12.9. The van der Waals surface area contributed by atoms with Crippen LogP contribution in [-0.4, -0.2) is 34.6 Å². The molecular formula is C25H29NO5. The summed E-state index contributed by atoms with van der Waals surface area (Å²) in [6.45, 7) is 5.12. The SMILES string of the molecule is Cc1coc2cc3oc(=O)c(CCC(=O)N4CC[C@@]5(O)CCCC[C@@H]5C4)c(C)c3cc12. The van der Waals surface area contributed by atoms with Crippen LogP contribution >= 0.6 is 0 Å². The molecule has 1 aliphatic heterocycles. The lowest BCUT2D eigenvalue weighted by Gasteiger charge is -2.47. The lowest BCUT2D eigenvalue weighted by Crippen LogP contribution is -2.54. The van der Waals surface area contributed by atoms with Crippen LogP contribution in [0.3, 0.4) is 0 Å². The van der Waals surface area contributed by atoms with Gasteiger partial charge in [-0.15, -0.1) is 0 Å². The molecule has 2 atom stereocenters. The molecule has 6 nitrogen and oxygen atoms in total. The van der Waals surface area contributed by atoms with Crippen molar-refractivity contribution in [1.82, 2.24) is 4.90 Å². The van der Waals surface area contributed by atoms with Crippen LogP contribution in [0.15, 0.2) is 32.0 Å². The fourth-order valence-electron chi connectivity index (χ4n) is 5.51. The lowest BCUT2D eigenvalue weighted by atomic mass is 9.71. The summed E-state index contributed by atoms with van der Waals surface area (Å²) in [4.78, 5) is 27.5. The molecule has 6 heteroatoms. The van der Waals surface area contributed by atoms with Crippen LogP contribution in [0.1, 0.15) is 55.2 Å². The minimum absolute atomic E-state index is 0.0488. The van der Waals surface area contributed by atoms with Crippen molar-refractivity contribution in [2.24, 2.45) is 5.92 Å². The van der Waals surface area contributed by atoms with E-state index >= 15 is 0 Å². The molecule has 1 aromatic carbocycles. The highest BCUT2D eigenvalue weighted by molar-refractivity contribution is 5.96. The summed E-state index contributed by atoms with van der Waals surface area (Å²) < 4.78 is 11.1. The molecule has 0 unspecified atom stereocenters. The Hall–Kier alpha value is -2.60. The topological polar surface area (TPSA) is 83.9 Å². The van der Waals surface area contributed by atoms with Gasteiger partial charge in [-0.25, -0.2) is 4.79 Å². The quantitative estimate of drug-likeness (QED) is 0.637. The van der Waals surface area contributed by atoms with Gasteiger partial charge < -0.3 is 18.8 Å². The smallest absolute Gasteiger partial charge is 0.339 e. The molecule has 3 aromatic rings. The van der Waals surface area contributed by atoms with E-state index in [-0.39, 0.29) is 23.9 Å². The van der Waals surface area contributed by atoms with E-state index < -0.39 is 5.60 Å². The predicted octanol–water partition coefficient (Wildman–Crippen LogP) is 4.24. The van der Waals surface area contributed by atoms with Crippen LogP contribution in [0.5, 0.6) is 0 Å². The Morgan fingerprint density at radius 1 is 1.19 bits per heavy atom. The molecule has 0 spiro atoms. The van der Waals surface area contributed by atoms with Gasteiger partial charge in [0.1, 0.15) is 11.2 Å². The molecule has 1 saturated heterocycles. The summed E-state index contributed by atoms with van der Waals surface area (Å²) in [6, 6.07) is 3.77. The van der Waals surface area contributed by atoms with Crippen LogP contribution < -0.4 is 5.63 Å². The van der Waals surface area contributed by atoms with Crippen molar-refractivity contribution in [3.05, 3.63) is 45.5 Å². The molecule has 2 aromatic heterocycles. The predicted molar refractivity (Wildman–Crippen MR) is 118 cm³/mol. The van der Waals surface area contributed by atoms with E-state index in [0.717, 1.165) is 47.6 Å². The highest BCUT2D eigenvalue weighted by Crippen LogP contribution is 2.40. The van der Waals surface area contributed by atoms with Crippen LogP contribution in [-0.2, 0) is 11.2 Å². The van der Waals surface area contributed by atoms with Crippen molar-refractivity contribution in [3.8, 4) is 0 Å². The van der Waals surface area contributed by atoms with Gasteiger partial charge in [0.25, 0.3) is 0 Å². The zero-order valence-electron chi connectivity index (χ0n) is 18.2. The molecule has 1 aliphatic carbocycles. The van der Waals surface area contributed by atoms with Crippen molar-refractivity contribution in [3.63, 3.8) is 0 Å². The Morgan fingerprint density at radius 3 is 2.87 bits per heavy atom. The summed E-state index contributed by atoms with van der Waals surface area (Å²) in [5.41, 5.74) is 2.68. The normalized spacial score (nSPS) is 24.0. The standard InChI is InChI=1S/C25H29NO5/c1-15-14-30-21-12-22-20(11-19(15)21)16(2)18(24(28)31-22)6-7-23(27)26-10-9-25(29)8-4-3-5-17(25)13-26/h11-12,14,17,29H,3-10,13H2,1-2H3/t17-,25+/m1/s1. The summed E-state index contributed by atoms with van der Waals surface area (Å²) in [6.07, 6.45) is 7.00. The molecule has 1 saturated carbocycles. The first kappa shape index (κ1) is 20.3. The number of nitrogens with zero attached hydrogens (tertiary/aromatic N) is 1. The summed E-state index contributed by atoms with van der Waals surface area (Å²) in [5.74, 6) is 0.222. The molecule has 1 N–H and O–H groups in total. The highest BCUT2D eigenvalue weighted by atomic mass is 16.4. The third-order valence-electron chi connectivity index (χ3n) is 7.54. The number of likely N-dealkylation sites (tertiary alicyclic amines) is 1. The van der Waals surface area contributed by atoms with Gasteiger partial charge in [-0.1, -0.05) is 12.8 Å². The maximum Gasteiger partial charge on any atom is 0.339 e. The molecule has 164 valence electrons. The summed E-state index contributed by atoms with van der Waals surface area (Å²) in [5, 5.41) is 12.7. The van der Waals surface area contributed by atoms with Crippen molar-refractivity contribution in [2.45, 2.75) is 64.4 Å². The number of furan rings is 1. The summed E-state index contributed by atoms with van der Waals surface area (Å²) >= 11 is 0. The number of amides is 1. The van der Waals surface area contributed by atoms with Crippen LogP contribution in [0, 0.1) is 19.8 Å². The average Bonchev–Trinajstić information content (AvgIpc) is 3.11. The van der Waals surface area contributed by atoms with Crippen LogP contribution in [0.25, 0.3) is 21.9 Å². The van der Waals surface area contributed by atoms with Crippen LogP contribution in [0.2, 0.25) is 0 Å². The van der Waals surface area contributed by atoms with E-state index in [1.165, 1.54) is 0 Å². The van der Waals surface area contributed by atoms with E-state index in [1.54, 1.807) is 12.3 Å². The number of hydrogen-bond donors (Lipinski definition) is 1. The zero-order valence-corrected chi connectivity index (χ0v) is 18.2. The fraction of sp³-hybridized carbons (Fsp3) is 0.520. The molecular weight excluding hydrogens is 394 g/mol. The molecule has 2 aliphatic rings. The number of rotatable bonds is 3. The first-order valence-corrected chi connectivity index (χ1v) is 11.3. The summed E-state index contributed by atoms with van der Waals surface area (Å²) in [7, 11) is 0. The number of piperidine rings is 1. The molecule has 0 radical (unpaired) electrons. The number of hydrogen-bond acceptors (Lipinski definition) is 5. The minimum Gasteiger partial charge on any atom is -0.464 e. The van der Waals surface area contributed by atoms with Gasteiger partial charge in [0.05, 0.1) is 11.9 Å². The van der Waals surface area contributed by atoms with Gasteiger partial charge in [-0.3, -0.25) is 4.79 Å². The molecule has 5 rings (SSSR count). The number of aryl methyl sites for hydroxylation is 2. The van der Waals surface area contributed by atoms with Gasteiger partial charge in [-0.05, 0) is 56.7 Å². The first-order valence-electron chi connectivity index (χ1n) is 11.3. The molecule has 1 amide bonds. The second kappa shape index (κ2) is 7.52. The number of carbonyl (C=O) groups excluding carboxylic acids is 1. The number of carbonyl (C=O) groups is 1. The van der Waals surface area contributed by atoms with Gasteiger partial charge in [-0.2, -0.15) is 0 Å². The molecule has 0 bridgehead atoms. The monoisotopic (exact) mass is 423 g/mol.